The Labute approximate surface area is 203 Å². The molecule has 178 valence electrons. The van der Waals surface area contributed by atoms with Crippen molar-refractivity contribution in [2.75, 3.05) is 17.2 Å². The van der Waals surface area contributed by atoms with Crippen molar-refractivity contribution < 1.29 is 18.0 Å². The number of amides is 1. The molecular weight excluding hydrogens is 487 g/mol. The van der Waals surface area contributed by atoms with Gasteiger partial charge in [0.2, 0.25) is 0 Å². The van der Waals surface area contributed by atoms with E-state index in [1.807, 2.05) is 0 Å². The molecule has 3 N–H and O–H groups in total. The predicted molar refractivity (Wildman–Crippen MR) is 125 cm³/mol. The van der Waals surface area contributed by atoms with Crippen molar-refractivity contribution in [3.63, 3.8) is 0 Å². The molecule has 0 saturated heterocycles. The van der Waals surface area contributed by atoms with Crippen LogP contribution in [0.1, 0.15) is 53.2 Å². The Morgan fingerprint density at radius 3 is 2.76 bits per heavy atom. The molecule has 11 heteroatoms. The van der Waals surface area contributed by atoms with Gasteiger partial charge in [0.25, 0.3) is 5.91 Å². The molecule has 3 aromatic heterocycles. The molecule has 0 radical (unpaired) electrons. The smallest absolute Gasteiger partial charge is 0.252 e. The molecule has 2 aliphatic rings. The van der Waals surface area contributed by atoms with E-state index in [1.165, 1.54) is 17.4 Å². The molecule has 0 aromatic carbocycles. The van der Waals surface area contributed by atoms with Crippen LogP contribution in [0.5, 0.6) is 0 Å². The van der Waals surface area contributed by atoms with E-state index >= 15 is 0 Å². The van der Waals surface area contributed by atoms with Gasteiger partial charge in [-0.1, -0.05) is 11.6 Å². The Bertz CT molecular complexity index is 1240. The molecule has 1 saturated carbocycles. The Kier molecular flexibility index (Phi) is 6.35. The minimum atomic E-state index is -0.802. The number of pyridine rings is 2. The average molecular weight is 508 g/mol. The van der Waals surface area contributed by atoms with Crippen LogP contribution >= 0.6 is 22.9 Å². The number of nitrogens with one attached hydrogen (secondary N) is 3. The molecule has 3 atom stereocenters. The lowest BCUT2D eigenvalue weighted by molar-refractivity contribution is 0.0927. The standard InChI is InChI=1S/C23H21ClF3N5OS/c24-19-4-11(10-34-19)23(33)31-14-3-1-2-13(6-14)30-22-18(27)7-17(26)20(32-22)16-9-29-21-15(16)5-12(25)8-28-21/h4-5,7-8,10,13-14,16H,1-3,6,9H2,(H,28,29)(H,30,32)(H,31,33). The quantitative estimate of drug-likeness (QED) is 0.435. The maximum atomic E-state index is 14.7. The molecule has 1 aliphatic carbocycles. The van der Waals surface area contributed by atoms with Crippen LogP contribution in [0.25, 0.3) is 0 Å². The van der Waals surface area contributed by atoms with Crippen LogP contribution in [0, 0.1) is 17.5 Å². The number of halogens is 4. The Morgan fingerprint density at radius 2 is 1.97 bits per heavy atom. The first-order valence-corrected chi connectivity index (χ1v) is 12.2. The SMILES string of the molecule is O=C(NC1CCCC(Nc2nc(C3CNc4ncc(F)cc43)c(F)cc2F)C1)c1csc(Cl)c1. The second-order valence-electron chi connectivity index (χ2n) is 8.53. The number of carbonyl (C=O) groups is 1. The van der Waals surface area contributed by atoms with Crippen molar-refractivity contribution in [2.24, 2.45) is 0 Å². The van der Waals surface area contributed by atoms with Gasteiger partial charge in [-0.25, -0.2) is 23.1 Å². The lowest BCUT2D eigenvalue weighted by atomic mass is 9.90. The summed E-state index contributed by atoms with van der Waals surface area (Å²) in [5, 5.41) is 10.8. The van der Waals surface area contributed by atoms with E-state index in [2.05, 4.69) is 25.9 Å². The van der Waals surface area contributed by atoms with E-state index in [0.29, 0.717) is 27.7 Å². The summed E-state index contributed by atoms with van der Waals surface area (Å²) in [5.74, 6) is -2.52. The maximum absolute atomic E-state index is 14.7. The van der Waals surface area contributed by atoms with Crippen molar-refractivity contribution in [2.45, 2.75) is 43.7 Å². The highest BCUT2D eigenvalue weighted by molar-refractivity contribution is 7.14. The van der Waals surface area contributed by atoms with Crippen LogP contribution in [-0.4, -0.2) is 34.5 Å². The van der Waals surface area contributed by atoms with Crippen LogP contribution in [0.2, 0.25) is 4.34 Å². The lowest BCUT2D eigenvalue weighted by Crippen LogP contribution is -2.42. The van der Waals surface area contributed by atoms with Gasteiger partial charge in [0.05, 0.1) is 27.7 Å². The molecule has 34 heavy (non-hydrogen) atoms. The van der Waals surface area contributed by atoms with E-state index in [-0.39, 0.29) is 36.0 Å². The number of hydrogen-bond acceptors (Lipinski definition) is 6. The number of aromatic nitrogens is 2. The molecule has 4 heterocycles. The van der Waals surface area contributed by atoms with Crippen molar-refractivity contribution in [1.82, 2.24) is 15.3 Å². The van der Waals surface area contributed by atoms with Crippen LogP contribution in [0.15, 0.2) is 29.8 Å². The van der Waals surface area contributed by atoms with Gasteiger partial charge >= 0.3 is 0 Å². The minimum Gasteiger partial charge on any atom is -0.369 e. The van der Waals surface area contributed by atoms with Crippen LogP contribution in [0.4, 0.5) is 24.8 Å². The molecule has 1 aliphatic heterocycles. The first-order valence-electron chi connectivity index (χ1n) is 10.9. The zero-order valence-corrected chi connectivity index (χ0v) is 19.4. The number of hydrogen-bond donors (Lipinski definition) is 3. The first kappa shape index (κ1) is 22.9. The summed E-state index contributed by atoms with van der Waals surface area (Å²) in [6.07, 6.45) is 4.04. The van der Waals surface area contributed by atoms with E-state index in [9.17, 15) is 18.0 Å². The fourth-order valence-corrected chi connectivity index (χ4v) is 5.45. The molecule has 3 aromatic rings. The number of fused-ring (bicyclic) bond motifs is 1. The van der Waals surface area contributed by atoms with Crippen molar-refractivity contribution >= 4 is 40.5 Å². The molecule has 1 amide bonds. The maximum Gasteiger partial charge on any atom is 0.252 e. The van der Waals surface area contributed by atoms with Gasteiger partial charge in [-0.3, -0.25) is 4.79 Å². The Morgan fingerprint density at radius 1 is 1.15 bits per heavy atom. The predicted octanol–water partition coefficient (Wildman–Crippen LogP) is 5.32. The monoisotopic (exact) mass is 507 g/mol. The topological polar surface area (TPSA) is 78.9 Å². The van der Waals surface area contributed by atoms with Gasteiger partial charge < -0.3 is 16.0 Å². The van der Waals surface area contributed by atoms with E-state index < -0.39 is 23.4 Å². The van der Waals surface area contributed by atoms with E-state index in [0.717, 1.165) is 31.5 Å². The Balaban J connectivity index is 1.31. The Hall–Kier alpha value is -2.85. The second-order valence-corrected chi connectivity index (χ2v) is 10.1. The number of carbonyl (C=O) groups excluding carboxylic acids is 1. The van der Waals surface area contributed by atoms with Crippen molar-refractivity contribution in [3.8, 4) is 0 Å². The molecule has 0 bridgehead atoms. The summed E-state index contributed by atoms with van der Waals surface area (Å²) in [4.78, 5) is 20.7. The third-order valence-corrected chi connectivity index (χ3v) is 7.29. The fraction of sp³-hybridized carbons (Fsp3) is 0.348. The van der Waals surface area contributed by atoms with Crippen LogP contribution in [0.3, 0.4) is 0 Å². The van der Waals surface area contributed by atoms with Crippen LogP contribution in [-0.2, 0) is 0 Å². The highest BCUT2D eigenvalue weighted by atomic mass is 35.5. The van der Waals surface area contributed by atoms with Gasteiger partial charge in [-0.2, -0.15) is 0 Å². The highest BCUT2D eigenvalue weighted by Crippen LogP contribution is 2.36. The number of thiophene rings is 1. The third kappa shape index (κ3) is 4.69. The summed E-state index contributed by atoms with van der Waals surface area (Å²) in [5.41, 5.74) is 1.02. The fourth-order valence-electron chi connectivity index (χ4n) is 4.59. The molecule has 6 nitrogen and oxygen atoms in total. The van der Waals surface area contributed by atoms with Crippen molar-refractivity contribution in [3.05, 3.63) is 68.4 Å². The largest absolute Gasteiger partial charge is 0.369 e. The zero-order chi connectivity index (χ0) is 23.8. The normalized spacial score (nSPS) is 21.6. The number of rotatable bonds is 5. The first-order chi connectivity index (χ1) is 16.4. The van der Waals surface area contributed by atoms with E-state index in [4.69, 9.17) is 11.6 Å². The third-order valence-electron chi connectivity index (χ3n) is 6.20. The summed E-state index contributed by atoms with van der Waals surface area (Å²) in [6, 6.07) is 3.47. The number of anilines is 2. The van der Waals surface area contributed by atoms with Crippen LogP contribution < -0.4 is 16.0 Å². The summed E-state index contributed by atoms with van der Waals surface area (Å²) in [7, 11) is 0. The molecule has 1 fully saturated rings. The second kappa shape index (κ2) is 9.42. The molecule has 3 unspecified atom stereocenters. The summed E-state index contributed by atoms with van der Waals surface area (Å²) >= 11 is 7.21. The highest BCUT2D eigenvalue weighted by Gasteiger charge is 2.31. The molecular formula is C23H21ClF3N5OS. The van der Waals surface area contributed by atoms with Gasteiger partial charge in [-0.05, 0) is 37.8 Å². The summed E-state index contributed by atoms with van der Waals surface area (Å²) in [6.45, 7) is 0.283. The van der Waals surface area contributed by atoms with Gasteiger partial charge in [-0.15, -0.1) is 11.3 Å². The van der Waals surface area contributed by atoms with Gasteiger partial charge in [0.15, 0.2) is 11.6 Å². The lowest BCUT2D eigenvalue weighted by Gasteiger charge is -2.31. The van der Waals surface area contributed by atoms with Crippen molar-refractivity contribution in [1.29, 1.82) is 0 Å². The van der Waals surface area contributed by atoms with Gasteiger partial charge in [0, 0.05) is 35.6 Å². The van der Waals surface area contributed by atoms with E-state index in [1.54, 1.807) is 11.4 Å². The molecule has 5 rings (SSSR count). The minimum absolute atomic E-state index is 0.0255. The van der Waals surface area contributed by atoms with Gasteiger partial charge in [0.1, 0.15) is 17.5 Å². The average Bonchev–Trinajstić information content (AvgIpc) is 3.42. The zero-order valence-electron chi connectivity index (χ0n) is 17.9. The number of nitrogens with zero attached hydrogens (tertiary/aromatic N) is 2. The summed E-state index contributed by atoms with van der Waals surface area (Å²) < 4.78 is 43.6. The molecule has 0 spiro atoms.